The Hall–Kier alpha value is -1.22. The first-order valence-corrected chi connectivity index (χ1v) is 5.46. The molecule has 0 heterocycles. The van der Waals surface area contributed by atoms with E-state index in [4.69, 9.17) is 0 Å². The predicted molar refractivity (Wildman–Crippen MR) is 59.7 cm³/mol. The van der Waals surface area contributed by atoms with Crippen LogP contribution in [-0.2, 0) is 9.59 Å². The molecule has 0 saturated heterocycles. The zero-order valence-corrected chi connectivity index (χ0v) is 9.78. The zero-order chi connectivity index (χ0) is 12.1. The molecule has 0 aliphatic heterocycles. The summed E-state index contributed by atoms with van der Waals surface area (Å²) >= 11 is 0. The van der Waals surface area contributed by atoms with Gasteiger partial charge in [0, 0.05) is 11.3 Å². The summed E-state index contributed by atoms with van der Waals surface area (Å²) in [5, 5.41) is 10.6. The van der Waals surface area contributed by atoms with Crippen molar-refractivity contribution in [2.45, 2.75) is 32.8 Å². The van der Waals surface area contributed by atoms with Gasteiger partial charge in [-0.3, -0.25) is 9.59 Å². The molecule has 0 aromatic carbocycles. The molecule has 2 aliphatic carbocycles. The number of hydrogen-bond acceptors (Lipinski definition) is 3. The van der Waals surface area contributed by atoms with Crippen LogP contribution >= 0.6 is 0 Å². The first-order valence-electron chi connectivity index (χ1n) is 5.46. The van der Waals surface area contributed by atoms with E-state index in [1.54, 1.807) is 6.92 Å². The van der Waals surface area contributed by atoms with Crippen molar-refractivity contribution in [1.82, 2.24) is 0 Å². The number of carbonyl (C=O) groups is 2. The first-order chi connectivity index (χ1) is 7.31. The molecule has 0 amide bonds. The Bertz CT molecular complexity index is 432. The minimum atomic E-state index is -1.14. The molecule has 1 saturated carbocycles. The Kier molecular flexibility index (Phi) is 2.21. The van der Waals surface area contributed by atoms with Gasteiger partial charge in [0.05, 0.1) is 0 Å². The minimum Gasteiger partial charge on any atom is -0.381 e. The predicted octanol–water partition coefficient (Wildman–Crippen LogP) is 1.42. The normalized spacial score (nSPS) is 41.9. The maximum absolute atomic E-state index is 11.6. The second-order valence-electron chi connectivity index (χ2n) is 5.11. The lowest BCUT2D eigenvalue weighted by atomic mass is 9.74. The van der Waals surface area contributed by atoms with Gasteiger partial charge >= 0.3 is 0 Å². The molecule has 2 aliphatic rings. The Balaban J connectivity index is 2.42. The van der Waals surface area contributed by atoms with Crippen LogP contribution in [0.1, 0.15) is 27.2 Å². The number of aliphatic hydroxyl groups is 1. The number of allylic oxidation sites excluding steroid dienone is 2. The number of rotatable bonds is 2. The Morgan fingerprint density at radius 3 is 2.81 bits per heavy atom. The SMILES string of the molecule is CC(=O)/C=C/[C@@]1(O)C(C)=CC(=O)[C@@H]2C[C@@]21C. The summed E-state index contributed by atoms with van der Waals surface area (Å²) in [7, 11) is 0. The van der Waals surface area contributed by atoms with Crippen LogP contribution in [0, 0.1) is 11.3 Å². The quantitative estimate of drug-likeness (QED) is 0.716. The molecule has 3 atom stereocenters. The third-order valence-electron chi connectivity index (χ3n) is 3.97. The van der Waals surface area contributed by atoms with Gasteiger partial charge in [0.2, 0.25) is 0 Å². The van der Waals surface area contributed by atoms with Crippen molar-refractivity contribution < 1.29 is 14.7 Å². The zero-order valence-electron chi connectivity index (χ0n) is 9.78. The van der Waals surface area contributed by atoms with E-state index in [1.165, 1.54) is 25.2 Å². The molecule has 2 rings (SSSR count). The molecule has 86 valence electrons. The van der Waals surface area contributed by atoms with Crippen molar-refractivity contribution in [2.75, 3.05) is 0 Å². The lowest BCUT2D eigenvalue weighted by Crippen LogP contribution is -2.42. The molecular formula is C13H16O3. The molecule has 16 heavy (non-hydrogen) atoms. The Morgan fingerprint density at radius 2 is 2.25 bits per heavy atom. The van der Waals surface area contributed by atoms with E-state index < -0.39 is 11.0 Å². The maximum Gasteiger partial charge on any atom is 0.159 e. The average Bonchev–Trinajstić information content (AvgIpc) is 2.87. The summed E-state index contributed by atoms with van der Waals surface area (Å²) in [6.07, 6.45) is 5.11. The lowest BCUT2D eigenvalue weighted by Gasteiger charge is -2.36. The fourth-order valence-electron chi connectivity index (χ4n) is 2.64. The smallest absolute Gasteiger partial charge is 0.159 e. The standard InChI is InChI=1S/C13H16O3/c1-8-6-11(15)10-7-12(10,3)13(8,16)5-4-9(2)14/h4-6,10,16H,7H2,1-3H3/b5-4+/t10-,12-,13+/m0/s1. The molecule has 0 aromatic rings. The van der Waals surface area contributed by atoms with Crippen LogP contribution < -0.4 is 0 Å². The lowest BCUT2D eigenvalue weighted by molar-refractivity contribution is -0.118. The Morgan fingerprint density at radius 1 is 1.62 bits per heavy atom. The second-order valence-corrected chi connectivity index (χ2v) is 5.11. The highest BCUT2D eigenvalue weighted by Gasteiger charge is 2.67. The Labute approximate surface area is 94.8 Å². The number of fused-ring (bicyclic) bond motifs is 1. The third kappa shape index (κ3) is 1.31. The van der Waals surface area contributed by atoms with E-state index in [2.05, 4.69) is 0 Å². The number of hydrogen-bond donors (Lipinski definition) is 1. The van der Waals surface area contributed by atoms with Gasteiger partial charge in [-0.2, -0.15) is 0 Å². The highest BCUT2D eigenvalue weighted by Crippen LogP contribution is 2.64. The van der Waals surface area contributed by atoms with Crippen molar-refractivity contribution in [2.24, 2.45) is 11.3 Å². The van der Waals surface area contributed by atoms with Gasteiger partial charge in [0.25, 0.3) is 0 Å². The van der Waals surface area contributed by atoms with E-state index >= 15 is 0 Å². The van der Waals surface area contributed by atoms with Crippen LogP contribution in [-0.4, -0.2) is 22.3 Å². The van der Waals surface area contributed by atoms with E-state index in [0.29, 0.717) is 12.0 Å². The fourth-order valence-corrected chi connectivity index (χ4v) is 2.64. The molecule has 1 N–H and O–H groups in total. The summed E-state index contributed by atoms with van der Waals surface area (Å²) in [5.41, 5.74) is -0.933. The van der Waals surface area contributed by atoms with Crippen molar-refractivity contribution in [1.29, 1.82) is 0 Å². The van der Waals surface area contributed by atoms with Crippen LogP contribution in [0.15, 0.2) is 23.8 Å². The molecule has 0 aromatic heterocycles. The van der Waals surface area contributed by atoms with Crippen molar-refractivity contribution in [3.05, 3.63) is 23.8 Å². The highest BCUT2D eigenvalue weighted by atomic mass is 16.3. The maximum atomic E-state index is 11.6. The van der Waals surface area contributed by atoms with Crippen LogP contribution in [0.2, 0.25) is 0 Å². The van der Waals surface area contributed by atoms with Gasteiger partial charge in [-0.1, -0.05) is 6.92 Å². The van der Waals surface area contributed by atoms with E-state index in [-0.39, 0.29) is 17.5 Å². The summed E-state index contributed by atoms with van der Waals surface area (Å²) < 4.78 is 0. The van der Waals surface area contributed by atoms with Crippen LogP contribution in [0.5, 0.6) is 0 Å². The largest absolute Gasteiger partial charge is 0.381 e. The fraction of sp³-hybridized carbons (Fsp3) is 0.538. The van der Waals surface area contributed by atoms with Crippen LogP contribution in [0.4, 0.5) is 0 Å². The molecule has 0 bridgehead atoms. The van der Waals surface area contributed by atoms with Crippen molar-refractivity contribution in [3.8, 4) is 0 Å². The topological polar surface area (TPSA) is 54.4 Å². The van der Waals surface area contributed by atoms with E-state index in [1.807, 2.05) is 6.92 Å². The highest BCUT2D eigenvalue weighted by molar-refractivity contribution is 5.98. The number of carbonyl (C=O) groups excluding carboxylic acids is 2. The summed E-state index contributed by atoms with van der Waals surface area (Å²) in [6, 6.07) is 0. The molecule has 3 heteroatoms. The molecule has 0 unspecified atom stereocenters. The molecule has 1 fully saturated rings. The van der Waals surface area contributed by atoms with E-state index in [9.17, 15) is 14.7 Å². The molecule has 0 radical (unpaired) electrons. The monoisotopic (exact) mass is 220 g/mol. The summed E-state index contributed by atoms with van der Waals surface area (Å²) in [6.45, 7) is 5.08. The summed E-state index contributed by atoms with van der Waals surface area (Å²) in [5.74, 6) is -0.0855. The first kappa shape index (κ1) is 11.3. The van der Waals surface area contributed by atoms with Gasteiger partial charge < -0.3 is 5.11 Å². The van der Waals surface area contributed by atoms with Gasteiger partial charge in [0.1, 0.15) is 5.60 Å². The average molecular weight is 220 g/mol. The van der Waals surface area contributed by atoms with Gasteiger partial charge in [-0.15, -0.1) is 0 Å². The molecular weight excluding hydrogens is 204 g/mol. The van der Waals surface area contributed by atoms with Gasteiger partial charge in [-0.25, -0.2) is 0 Å². The van der Waals surface area contributed by atoms with Crippen LogP contribution in [0.3, 0.4) is 0 Å². The molecule has 3 nitrogen and oxygen atoms in total. The van der Waals surface area contributed by atoms with Crippen molar-refractivity contribution >= 4 is 11.6 Å². The van der Waals surface area contributed by atoms with Gasteiger partial charge in [-0.05, 0) is 44.1 Å². The second kappa shape index (κ2) is 3.14. The number of ketones is 2. The minimum absolute atomic E-state index is 0.0854. The van der Waals surface area contributed by atoms with E-state index in [0.717, 1.165) is 0 Å². The van der Waals surface area contributed by atoms with Crippen molar-refractivity contribution in [3.63, 3.8) is 0 Å². The van der Waals surface area contributed by atoms with Gasteiger partial charge in [0.15, 0.2) is 11.6 Å². The van der Waals surface area contributed by atoms with Crippen LogP contribution in [0.25, 0.3) is 0 Å². The molecule has 0 spiro atoms. The summed E-state index contributed by atoms with van der Waals surface area (Å²) in [4.78, 5) is 22.5. The third-order valence-corrected chi connectivity index (χ3v) is 3.97.